The van der Waals surface area contributed by atoms with Gasteiger partial charge in [-0.05, 0) is 37.3 Å². The molecule has 96 valence electrons. The molecule has 1 aliphatic heterocycles. The maximum atomic E-state index is 12.7. The van der Waals surface area contributed by atoms with Gasteiger partial charge in [-0.3, -0.25) is 4.79 Å². The lowest BCUT2D eigenvalue weighted by atomic mass is 9.90. The minimum absolute atomic E-state index is 0.168. The molecule has 1 amide bonds. The van der Waals surface area contributed by atoms with Gasteiger partial charge in [0.25, 0.3) is 0 Å². The molecular weight excluding hydrogens is 224 g/mol. The fraction of sp³-hybridized carbons (Fsp3) is 0.533. The molecule has 2 N–H and O–H groups in total. The average molecular weight is 244 g/mol. The van der Waals surface area contributed by atoms with E-state index in [0.29, 0.717) is 5.91 Å². The number of carbonyl (C=O) groups excluding carboxylic acids is 1. The van der Waals surface area contributed by atoms with Gasteiger partial charge in [-0.15, -0.1) is 0 Å². The second-order valence-electron chi connectivity index (χ2n) is 5.70. The van der Waals surface area contributed by atoms with Crippen LogP contribution in [0.5, 0.6) is 0 Å². The highest BCUT2D eigenvalue weighted by Gasteiger charge is 2.54. The summed E-state index contributed by atoms with van der Waals surface area (Å²) in [6, 6.07) is 8.44. The standard InChI is InChI=1S/C15H20N2O/c1-11-4-2-3-5-13(11)15(7-8-15)14(18)17-9-6-12(16)10-17/h2-5,12H,6-10,16H2,1H3. The molecule has 1 heterocycles. The zero-order chi connectivity index (χ0) is 12.8. The smallest absolute Gasteiger partial charge is 0.233 e. The van der Waals surface area contributed by atoms with E-state index in [9.17, 15) is 4.79 Å². The summed E-state index contributed by atoms with van der Waals surface area (Å²) in [7, 11) is 0. The van der Waals surface area contributed by atoms with Crippen LogP contribution in [0, 0.1) is 6.92 Å². The van der Waals surface area contributed by atoms with Crippen molar-refractivity contribution >= 4 is 5.91 Å². The fourth-order valence-corrected chi connectivity index (χ4v) is 3.11. The third kappa shape index (κ3) is 1.74. The van der Waals surface area contributed by atoms with Crippen LogP contribution in [0.15, 0.2) is 24.3 Å². The van der Waals surface area contributed by atoms with Gasteiger partial charge in [0.2, 0.25) is 5.91 Å². The molecule has 1 unspecified atom stereocenters. The summed E-state index contributed by atoms with van der Waals surface area (Å²) < 4.78 is 0. The minimum atomic E-state index is -0.227. The highest BCUT2D eigenvalue weighted by Crippen LogP contribution is 2.50. The molecular formula is C15H20N2O. The third-order valence-corrected chi connectivity index (χ3v) is 4.33. The van der Waals surface area contributed by atoms with E-state index in [1.807, 2.05) is 17.0 Å². The first-order chi connectivity index (χ1) is 8.63. The van der Waals surface area contributed by atoms with E-state index < -0.39 is 0 Å². The molecule has 1 aliphatic carbocycles. The Morgan fingerprint density at radius 1 is 1.39 bits per heavy atom. The number of nitrogens with two attached hydrogens (primary N) is 1. The Morgan fingerprint density at radius 2 is 2.11 bits per heavy atom. The zero-order valence-electron chi connectivity index (χ0n) is 10.9. The molecule has 3 rings (SSSR count). The lowest BCUT2D eigenvalue weighted by Gasteiger charge is -2.24. The first-order valence-electron chi connectivity index (χ1n) is 6.74. The number of carbonyl (C=O) groups is 1. The summed E-state index contributed by atoms with van der Waals surface area (Å²) >= 11 is 0. The van der Waals surface area contributed by atoms with Gasteiger partial charge in [0.15, 0.2) is 0 Å². The summed E-state index contributed by atoms with van der Waals surface area (Å²) in [6.45, 7) is 3.65. The van der Waals surface area contributed by atoms with Gasteiger partial charge in [-0.25, -0.2) is 0 Å². The van der Waals surface area contributed by atoms with Crippen LogP contribution in [0.2, 0.25) is 0 Å². The Bertz CT molecular complexity index is 479. The molecule has 1 aromatic carbocycles. The maximum Gasteiger partial charge on any atom is 0.233 e. The molecule has 1 saturated heterocycles. The van der Waals surface area contributed by atoms with Crippen molar-refractivity contribution in [3.05, 3.63) is 35.4 Å². The van der Waals surface area contributed by atoms with Crippen molar-refractivity contribution in [2.24, 2.45) is 5.73 Å². The molecule has 2 fully saturated rings. The van der Waals surface area contributed by atoms with E-state index >= 15 is 0 Å². The summed E-state index contributed by atoms with van der Waals surface area (Å²) in [5.74, 6) is 0.296. The Morgan fingerprint density at radius 3 is 2.67 bits per heavy atom. The lowest BCUT2D eigenvalue weighted by Crippen LogP contribution is -2.39. The largest absolute Gasteiger partial charge is 0.340 e. The van der Waals surface area contributed by atoms with Crippen LogP contribution in [0.25, 0.3) is 0 Å². The fourth-order valence-electron chi connectivity index (χ4n) is 3.11. The Hall–Kier alpha value is -1.35. The molecule has 3 heteroatoms. The van der Waals surface area contributed by atoms with Crippen molar-refractivity contribution in [1.82, 2.24) is 4.90 Å². The van der Waals surface area contributed by atoms with Gasteiger partial charge >= 0.3 is 0 Å². The van der Waals surface area contributed by atoms with Crippen molar-refractivity contribution in [3.63, 3.8) is 0 Å². The number of nitrogens with zero attached hydrogens (tertiary/aromatic N) is 1. The summed E-state index contributed by atoms with van der Waals surface area (Å²) in [4.78, 5) is 14.7. The minimum Gasteiger partial charge on any atom is -0.340 e. The molecule has 1 saturated carbocycles. The van der Waals surface area contributed by atoms with Crippen LogP contribution in [-0.2, 0) is 10.2 Å². The highest BCUT2D eigenvalue weighted by atomic mass is 16.2. The Labute approximate surface area is 108 Å². The number of hydrogen-bond acceptors (Lipinski definition) is 2. The number of hydrogen-bond donors (Lipinski definition) is 1. The Balaban J connectivity index is 1.87. The zero-order valence-corrected chi connectivity index (χ0v) is 10.9. The molecule has 0 radical (unpaired) electrons. The van der Waals surface area contributed by atoms with Gasteiger partial charge in [0, 0.05) is 19.1 Å². The molecule has 2 aliphatic rings. The van der Waals surface area contributed by atoms with Crippen LogP contribution in [-0.4, -0.2) is 29.9 Å². The third-order valence-electron chi connectivity index (χ3n) is 4.33. The summed E-state index contributed by atoms with van der Waals surface area (Å²) in [5, 5.41) is 0. The van der Waals surface area contributed by atoms with E-state index in [0.717, 1.165) is 32.4 Å². The van der Waals surface area contributed by atoms with E-state index in [1.54, 1.807) is 0 Å². The van der Waals surface area contributed by atoms with Crippen LogP contribution in [0.1, 0.15) is 30.4 Å². The molecule has 0 bridgehead atoms. The van der Waals surface area contributed by atoms with Crippen molar-refractivity contribution in [2.75, 3.05) is 13.1 Å². The predicted octanol–water partition coefficient (Wildman–Crippen LogP) is 1.59. The molecule has 1 aromatic rings. The van der Waals surface area contributed by atoms with Gasteiger partial charge in [0.05, 0.1) is 5.41 Å². The topological polar surface area (TPSA) is 46.3 Å². The molecule has 0 spiro atoms. The Kier molecular flexibility index (Phi) is 2.67. The first kappa shape index (κ1) is 11.7. The van der Waals surface area contributed by atoms with Crippen molar-refractivity contribution in [3.8, 4) is 0 Å². The monoisotopic (exact) mass is 244 g/mol. The molecule has 3 nitrogen and oxygen atoms in total. The SMILES string of the molecule is Cc1ccccc1C1(C(=O)N2CCC(N)C2)CC1. The van der Waals surface area contributed by atoms with Gasteiger partial charge < -0.3 is 10.6 Å². The van der Waals surface area contributed by atoms with E-state index in [4.69, 9.17) is 5.73 Å². The van der Waals surface area contributed by atoms with Gasteiger partial charge in [-0.1, -0.05) is 24.3 Å². The van der Waals surface area contributed by atoms with E-state index in [2.05, 4.69) is 19.1 Å². The van der Waals surface area contributed by atoms with E-state index in [1.165, 1.54) is 11.1 Å². The first-order valence-corrected chi connectivity index (χ1v) is 6.74. The van der Waals surface area contributed by atoms with Crippen LogP contribution < -0.4 is 5.73 Å². The second-order valence-corrected chi connectivity index (χ2v) is 5.70. The van der Waals surface area contributed by atoms with Crippen molar-refractivity contribution < 1.29 is 4.79 Å². The number of benzene rings is 1. The van der Waals surface area contributed by atoms with Crippen LogP contribution in [0.4, 0.5) is 0 Å². The van der Waals surface area contributed by atoms with Gasteiger partial charge in [0.1, 0.15) is 0 Å². The normalized spacial score (nSPS) is 25.2. The number of aryl methyl sites for hydroxylation is 1. The van der Waals surface area contributed by atoms with Crippen LogP contribution >= 0.6 is 0 Å². The lowest BCUT2D eigenvalue weighted by molar-refractivity contribution is -0.132. The maximum absolute atomic E-state index is 12.7. The second kappa shape index (κ2) is 4.09. The number of amides is 1. The predicted molar refractivity (Wildman–Crippen MR) is 71.3 cm³/mol. The van der Waals surface area contributed by atoms with Crippen molar-refractivity contribution in [2.45, 2.75) is 37.6 Å². The van der Waals surface area contributed by atoms with Crippen LogP contribution in [0.3, 0.4) is 0 Å². The molecule has 1 atom stereocenters. The number of likely N-dealkylation sites (tertiary alicyclic amines) is 1. The van der Waals surface area contributed by atoms with Gasteiger partial charge in [-0.2, -0.15) is 0 Å². The number of rotatable bonds is 2. The average Bonchev–Trinajstić information content (AvgIpc) is 3.05. The summed E-state index contributed by atoms with van der Waals surface area (Å²) in [5.41, 5.74) is 8.12. The highest BCUT2D eigenvalue weighted by molar-refractivity contribution is 5.92. The molecule has 18 heavy (non-hydrogen) atoms. The quantitative estimate of drug-likeness (QED) is 0.858. The van der Waals surface area contributed by atoms with Crippen molar-refractivity contribution in [1.29, 1.82) is 0 Å². The van der Waals surface area contributed by atoms with E-state index in [-0.39, 0.29) is 11.5 Å². The molecule has 0 aromatic heterocycles. The summed E-state index contributed by atoms with van der Waals surface area (Å²) in [6.07, 6.45) is 2.92.